The molecular weight excluding hydrogens is 207 g/mol. The van der Waals surface area contributed by atoms with Gasteiger partial charge in [-0.15, -0.1) is 0 Å². The third-order valence-electron chi connectivity index (χ3n) is 1.79. The van der Waals surface area contributed by atoms with E-state index in [1.54, 1.807) is 6.92 Å². The van der Waals surface area contributed by atoms with Crippen LogP contribution in [0.25, 0.3) is 0 Å². The molecule has 1 rings (SSSR count). The van der Waals surface area contributed by atoms with Crippen LogP contribution in [-0.4, -0.2) is 35.5 Å². The summed E-state index contributed by atoms with van der Waals surface area (Å²) in [6.45, 7) is 2.17. The second-order valence-corrected chi connectivity index (χ2v) is 2.74. The Hall–Kier alpha value is -1.84. The zero-order valence-electron chi connectivity index (χ0n) is 8.97. The highest BCUT2D eigenvalue weighted by molar-refractivity contribution is 6.83. The van der Waals surface area contributed by atoms with Gasteiger partial charge in [-0.3, -0.25) is 9.69 Å². The predicted octanol–water partition coefficient (Wildman–Crippen LogP) is -0.710. The lowest BCUT2D eigenvalue weighted by Crippen LogP contribution is -2.34. The van der Waals surface area contributed by atoms with Gasteiger partial charge < -0.3 is 11.0 Å². The first-order valence-corrected chi connectivity index (χ1v) is 4.39. The number of carbonyl (C=O) groups excluding carboxylic acids is 1. The number of hydrogen-bond donors (Lipinski definition) is 0. The molecule has 0 aliphatic rings. The largest absolute Gasteiger partial charge is 0.412 e. The Kier molecular flexibility index (Phi) is 8.78. The monoisotopic (exact) mass is 221 g/mol. The summed E-state index contributed by atoms with van der Waals surface area (Å²) in [4.78, 5) is 12.5. The van der Waals surface area contributed by atoms with Crippen molar-refractivity contribution in [1.29, 1.82) is 5.26 Å². The molecule has 0 spiro atoms. The maximum absolute atomic E-state index is 11.4. The third-order valence-corrected chi connectivity index (χ3v) is 1.79. The van der Waals surface area contributed by atoms with E-state index < -0.39 is 0 Å². The van der Waals surface area contributed by atoms with E-state index in [2.05, 4.69) is 0 Å². The highest BCUT2D eigenvalue weighted by atomic mass is 16.1. The minimum Gasteiger partial charge on any atom is -0.412 e. The Balaban J connectivity index is 0. The first-order chi connectivity index (χ1) is 6.77. The first-order valence-electron chi connectivity index (χ1n) is 4.39. The Morgan fingerprint density at radius 1 is 1.38 bits per heavy atom. The van der Waals surface area contributed by atoms with Gasteiger partial charge >= 0.3 is 0 Å². The number of carbonyl (C=O) groups is 1. The first kappa shape index (κ1) is 16.6. The molecule has 0 saturated carbocycles. The van der Waals surface area contributed by atoms with E-state index in [0.717, 1.165) is 10.4 Å². The molecule has 6 heteroatoms. The van der Waals surface area contributed by atoms with Crippen LogP contribution in [0.2, 0.25) is 0 Å². The molecule has 0 aliphatic heterocycles. The van der Waals surface area contributed by atoms with Crippen molar-refractivity contribution in [3.8, 4) is 6.19 Å². The predicted molar refractivity (Wildman–Crippen MR) is 62.4 cm³/mol. The van der Waals surface area contributed by atoms with Crippen molar-refractivity contribution in [1.82, 2.24) is 4.90 Å². The number of rotatable bonds is 3. The van der Waals surface area contributed by atoms with Crippen LogP contribution in [0, 0.1) is 11.5 Å². The number of benzene rings is 1. The second kappa shape index (κ2) is 8.47. The molecule has 0 atom stereocenters. The summed E-state index contributed by atoms with van der Waals surface area (Å²) in [6, 6.07) is 9.22. The number of amides is 1. The fourth-order valence-electron chi connectivity index (χ4n) is 1.05. The minimum absolute atomic E-state index is 0. The van der Waals surface area contributed by atoms with Crippen LogP contribution in [0.1, 0.15) is 6.92 Å². The van der Waals surface area contributed by atoms with Crippen molar-refractivity contribution in [3.63, 3.8) is 0 Å². The Morgan fingerprint density at radius 3 is 2.38 bits per heavy atom. The van der Waals surface area contributed by atoms with Gasteiger partial charge in [0.25, 0.3) is 7.28 Å². The van der Waals surface area contributed by atoms with Gasteiger partial charge in [-0.1, -0.05) is 35.8 Å². The second-order valence-electron chi connectivity index (χ2n) is 2.74. The summed E-state index contributed by atoms with van der Waals surface area (Å²) >= 11 is 0. The molecule has 5 nitrogen and oxygen atoms in total. The quantitative estimate of drug-likeness (QED) is 0.381. The Morgan fingerprint density at radius 2 is 1.94 bits per heavy atom. The van der Waals surface area contributed by atoms with Gasteiger partial charge in [0.2, 0.25) is 0 Å². The van der Waals surface area contributed by atoms with Gasteiger partial charge in [-0.05, 0) is 6.92 Å². The standard InChI is InChI=1S/C10H10BN2O.2H2O/c1-2-13(8-12)10(14)11-9-6-4-3-5-7-9;;/h3-7H,2H2,1H3;2*1H2. The number of hydrogen-bond acceptors (Lipinski definition) is 2. The average molecular weight is 221 g/mol. The maximum atomic E-state index is 11.4. The van der Waals surface area contributed by atoms with Crippen molar-refractivity contribution in [3.05, 3.63) is 30.3 Å². The smallest absolute Gasteiger partial charge is 0.272 e. The van der Waals surface area contributed by atoms with Gasteiger partial charge in [0.1, 0.15) is 0 Å². The Labute approximate surface area is 95.2 Å². The Bertz CT molecular complexity index is 351. The van der Waals surface area contributed by atoms with Gasteiger partial charge in [0.05, 0.1) is 0 Å². The fraction of sp³-hybridized carbons (Fsp3) is 0.200. The molecular formula is C10H14BN2O3. The van der Waals surface area contributed by atoms with Crippen LogP contribution < -0.4 is 5.46 Å². The van der Waals surface area contributed by atoms with Crippen LogP contribution in [0.3, 0.4) is 0 Å². The van der Waals surface area contributed by atoms with E-state index in [4.69, 9.17) is 5.26 Å². The highest BCUT2D eigenvalue weighted by Gasteiger charge is 2.12. The van der Waals surface area contributed by atoms with Crippen molar-refractivity contribution >= 4 is 18.5 Å². The summed E-state index contributed by atoms with van der Waals surface area (Å²) in [5.41, 5.74) is 0.811. The van der Waals surface area contributed by atoms with Crippen LogP contribution >= 0.6 is 0 Å². The topological polar surface area (TPSA) is 107 Å². The van der Waals surface area contributed by atoms with Crippen LogP contribution in [-0.2, 0) is 0 Å². The summed E-state index contributed by atoms with van der Waals surface area (Å²) in [5, 5.41) is 8.61. The molecule has 0 bridgehead atoms. The molecule has 0 fully saturated rings. The third kappa shape index (κ3) is 4.60. The van der Waals surface area contributed by atoms with E-state index in [9.17, 15) is 4.79 Å². The fourth-order valence-corrected chi connectivity index (χ4v) is 1.05. The summed E-state index contributed by atoms with van der Waals surface area (Å²) in [6.07, 6.45) is 1.82. The zero-order chi connectivity index (χ0) is 10.4. The number of nitrogens with zero attached hydrogens (tertiary/aromatic N) is 2. The summed E-state index contributed by atoms with van der Waals surface area (Å²) in [7, 11) is 1.45. The van der Waals surface area contributed by atoms with E-state index >= 15 is 0 Å². The highest BCUT2D eigenvalue weighted by Crippen LogP contribution is 1.89. The van der Waals surface area contributed by atoms with Crippen LogP contribution in [0.4, 0.5) is 4.79 Å². The van der Waals surface area contributed by atoms with Crippen LogP contribution in [0.5, 0.6) is 0 Å². The van der Waals surface area contributed by atoms with E-state index in [1.807, 2.05) is 36.5 Å². The SMILES string of the molecule is CCN(C#N)C(=O)[B]c1ccccc1.O.O. The molecule has 1 aromatic carbocycles. The van der Waals surface area contributed by atoms with Crippen molar-refractivity contribution in [2.24, 2.45) is 0 Å². The lowest BCUT2D eigenvalue weighted by molar-refractivity contribution is 0.241. The number of nitriles is 1. The molecule has 85 valence electrons. The maximum Gasteiger partial charge on any atom is 0.272 e. The van der Waals surface area contributed by atoms with Gasteiger partial charge in [0, 0.05) is 6.54 Å². The summed E-state index contributed by atoms with van der Waals surface area (Å²) in [5.74, 6) is -0.277. The summed E-state index contributed by atoms with van der Waals surface area (Å²) < 4.78 is 0. The van der Waals surface area contributed by atoms with Crippen molar-refractivity contribution in [2.75, 3.05) is 6.54 Å². The molecule has 0 aliphatic carbocycles. The molecule has 0 aromatic heterocycles. The molecule has 0 saturated heterocycles. The molecule has 1 amide bonds. The van der Waals surface area contributed by atoms with E-state index in [-0.39, 0.29) is 16.8 Å². The van der Waals surface area contributed by atoms with Gasteiger partial charge in [0.15, 0.2) is 12.0 Å². The average Bonchev–Trinajstić information content (AvgIpc) is 2.21. The molecule has 16 heavy (non-hydrogen) atoms. The lowest BCUT2D eigenvalue weighted by atomic mass is 9.69. The van der Waals surface area contributed by atoms with Crippen molar-refractivity contribution < 1.29 is 15.7 Å². The molecule has 1 aromatic rings. The molecule has 4 N–H and O–H groups in total. The molecule has 0 unspecified atom stereocenters. The minimum atomic E-state index is -0.277. The van der Waals surface area contributed by atoms with Gasteiger partial charge in [-0.2, -0.15) is 5.26 Å². The van der Waals surface area contributed by atoms with Crippen molar-refractivity contribution in [2.45, 2.75) is 6.92 Å². The lowest BCUT2D eigenvalue weighted by Gasteiger charge is -2.09. The van der Waals surface area contributed by atoms with Crippen LogP contribution in [0.15, 0.2) is 30.3 Å². The van der Waals surface area contributed by atoms with E-state index in [1.165, 1.54) is 7.28 Å². The molecule has 1 radical (unpaired) electrons. The normalized spacial score (nSPS) is 7.75. The van der Waals surface area contributed by atoms with E-state index in [0.29, 0.717) is 6.54 Å². The van der Waals surface area contributed by atoms with Gasteiger partial charge in [-0.25, -0.2) is 0 Å². The zero-order valence-corrected chi connectivity index (χ0v) is 8.97. The molecule has 0 heterocycles.